The van der Waals surface area contributed by atoms with Crippen LogP contribution >= 0.6 is 0 Å². The summed E-state index contributed by atoms with van der Waals surface area (Å²) in [6, 6.07) is 4.67. The van der Waals surface area contributed by atoms with Crippen molar-refractivity contribution in [2.24, 2.45) is 0 Å². The van der Waals surface area contributed by atoms with E-state index in [2.05, 4.69) is 0 Å². The summed E-state index contributed by atoms with van der Waals surface area (Å²) in [4.78, 5) is 0. The summed E-state index contributed by atoms with van der Waals surface area (Å²) in [5.74, 6) is 0.544. The molecule has 64 valence electrons. The van der Waals surface area contributed by atoms with Gasteiger partial charge in [0.15, 0.2) is 0 Å². The third-order valence-corrected chi connectivity index (χ3v) is 2.36. The molecule has 12 heavy (non-hydrogen) atoms. The molecule has 0 aromatic heterocycles. The molecule has 2 nitrogen and oxygen atoms in total. The van der Waals surface area contributed by atoms with Crippen LogP contribution in [0.1, 0.15) is 32.1 Å². The zero-order valence-corrected chi connectivity index (χ0v) is 6.70. The molecular weight excluding hydrogens is 152 g/mol. The topological polar surface area (TPSA) is 40.5 Å². The van der Waals surface area contributed by atoms with Gasteiger partial charge in [0, 0.05) is 7.44 Å². The second-order valence-electron chi connectivity index (χ2n) is 3.20. The van der Waals surface area contributed by atoms with E-state index in [1.54, 1.807) is 12.1 Å². The maximum atomic E-state index is 9.49. The molecule has 0 aliphatic heterocycles. The Morgan fingerprint density at radius 2 is 2.08 bits per heavy atom. The predicted molar refractivity (Wildman–Crippen MR) is 46.4 cm³/mol. The van der Waals surface area contributed by atoms with Crippen LogP contribution in [0, 0.1) is 0 Å². The van der Waals surface area contributed by atoms with Gasteiger partial charge in [-0.05, 0) is 30.4 Å². The highest BCUT2D eigenvalue weighted by molar-refractivity contribution is 5.41. The summed E-state index contributed by atoms with van der Waals surface area (Å²) in [5, 5.41) is 18.6. The molecule has 0 radical (unpaired) electrons. The number of benzene rings is 1. The van der Waals surface area contributed by atoms with Crippen molar-refractivity contribution in [3.8, 4) is 11.5 Å². The minimum atomic E-state index is 0.0261. The van der Waals surface area contributed by atoms with Crippen LogP contribution in [0.3, 0.4) is 0 Å². The Kier molecular flexibility index (Phi) is 1.43. The molecule has 2 rings (SSSR count). The van der Waals surface area contributed by atoms with Gasteiger partial charge in [0.25, 0.3) is 0 Å². The number of phenols is 2. The van der Waals surface area contributed by atoms with Gasteiger partial charge in [-0.15, -0.1) is 0 Å². The Morgan fingerprint density at radius 1 is 1.33 bits per heavy atom. The molecule has 1 aromatic carbocycles. The van der Waals surface area contributed by atoms with Crippen LogP contribution in [0.2, 0.25) is 0 Å². The summed E-state index contributed by atoms with van der Waals surface area (Å²) >= 11 is 0. The van der Waals surface area contributed by atoms with Gasteiger partial charge in [0.1, 0.15) is 11.5 Å². The Labute approximate surface area is 72.9 Å². The first-order valence-corrected chi connectivity index (χ1v) is 4.11. The first-order chi connectivity index (χ1) is 6.16. The van der Waals surface area contributed by atoms with Gasteiger partial charge in [-0.2, -0.15) is 0 Å². The molecule has 0 unspecified atom stereocenters. The first-order valence-electron chi connectivity index (χ1n) is 4.68. The summed E-state index contributed by atoms with van der Waals surface area (Å²) in [5.41, 5.74) is 0.862. The Bertz CT molecular complexity index is 319. The standard InChI is InChI=1S/C10H12O2/c11-8-4-5-9(10(12)6-8)7-2-1-3-7/h4-7,11-12H,1-3H2/i1T. The van der Waals surface area contributed by atoms with Crippen LogP contribution in [0.25, 0.3) is 0 Å². The largest absolute Gasteiger partial charge is 0.508 e. The maximum absolute atomic E-state index is 9.49. The van der Waals surface area contributed by atoms with Crippen LogP contribution in [0.5, 0.6) is 11.5 Å². The minimum absolute atomic E-state index is 0.0261. The van der Waals surface area contributed by atoms with Crippen molar-refractivity contribution >= 4 is 0 Å². The molecule has 0 bridgehead atoms. The highest BCUT2D eigenvalue weighted by atomic mass is 16.3. The lowest BCUT2D eigenvalue weighted by Crippen LogP contribution is -2.08. The second-order valence-corrected chi connectivity index (χ2v) is 3.20. The third kappa shape index (κ3) is 1.13. The van der Waals surface area contributed by atoms with Crippen LogP contribution in [-0.2, 0) is 0 Å². The molecule has 0 spiro atoms. The van der Waals surface area contributed by atoms with Gasteiger partial charge >= 0.3 is 0 Å². The smallest absolute Gasteiger partial charge is 0.122 e. The summed E-state index contributed by atoms with van der Waals surface area (Å²) in [6.45, 7) is 0. The van der Waals surface area contributed by atoms with E-state index in [0.29, 0.717) is 5.92 Å². The lowest BCUT2D eigenvalue weighted by molar-refractivity contribution is 0.389. The van der Waals surface area contributed by atoms with Crippen molar-refractivity contribution in [2.75, 3.05) is 0 Å². The van der Waals surface area contributed by atoms with Gasteiger partial charge in [0.2, 0.25) is 0 Å². The van der Waals surface area contributed by atoms with E-state index in [1.165, 1.54) is 6.07 Å². The molecular formula is C10H12O2. The van der Waals surface area contributed by atoms with Crippen LogP contribution in [-0.4, -0.2) is 10.2 Å². The fraction of sp³-hybridized carbons (Fsp3) is 0.400. The molecule has 1 aliphatic carbocycles. The van der Waals surface area contributed by atoms with Gasteiger partial charge in [-0.3, -0.25) is 0 Å². The molecule has 1 saturated carbocycles. The van der Waals surface area contributed by atoms with Crippen molar-refractivity contribution in [3.63, 3.8) is 0 Å². The van der Waals surface area contributed by atoms with Crippen LogP contribution < -0.4 is 0 Å². The zero-order chi connectivity index (χ0) is 9.42. The third-order valence-electron chi connectivity index (χ3n) is 2.36. The number of rotatable bonds is 1. The van der Waals surface area contributed by atoms with Crippen LogP contribution in [0.4, 0.5) is 0 Å². The Hall–Kier alpha value is -1.18. The molecule has 0 heterocycles. The highest BCUT2D eigenvalue weighted by Crippen LogP contribution is 2.41. The van der Waals surface area contributed by atoms with E-state index in [-0.39, 0.29) is 17.9 Å². The van der Waals surface area contributed by atoms with Crippen LogP contribution in [0.15, 0.2) is 18.2 Å². The molecule has 2 N–H and O–H groups in total. The quantitative estimate of drug-likeness (QED) is 0.672. The lowest BCUT2D eigenvalue weighted by Gasteiger charge is -2.26. The summed E-state index contributed by atoms with van der Waals surface area (Å²) < 4.78 is 7.37. The average Bonchev–Trinajstić information content (AvgIpc) is 2.00. The molecule has 0 amide bonds. The monoisotopic (exact) mass is 166 g/mol. The molecule has 1 aliphatic rings. The van der Waals surface area contributed by atoms with Crippen molar-refractivity contribution in [3.05, 3.63) is 23.8 Å². The Morgan fingerprint density at radius 3 is 2.67 bits per heavy atom. The molecule has 1 aromatic rings. The van der Waals surface area contributed by atoms with E-state index >= 15 is 0 Å². The van der Waals surface area contributed by atoms with E-state index in [0.717, 1.165) is 18.4 Å². The average molecular weight is 166 g/mol. The number of hydrogen-bond acceptors (Lipinski definition) is 2. The fourth-order valence-corrected chi connectivity index (χ4v) is 1.46. The number of hydrogen-bond donors (Lipinski definition) is 2. The summed E-state index contributed by atoms with van der Waals surface area (Å²) in [7, 11) is 0. The molecule has 2 heteroatoms. The van der Waals surface area contributed by atoms with Crippen molar-refractivity contribution < 1.29 is 11.6 Å². The number of aromatic hydroxyl groups is 2. The van der Waals surface area contributed by atoms with E-state index < -0.39 is 0 Å². The molecule has 0 atom stereocenters. The SMILES string of the molecule is [3H]C1CC(c2ccc(O)cc2O)C1. The van der Waals surface area contributed by atoms with E-state index in [9.17, 15) is 5.11 Å². The lowest BCUT2D eigenvalue weighted by atomic mass is 9.80. The fourth-order valence-electron chi connectivity index (χ4n) is 1.46. The molecule has 0 saturated heterocycles. The number of phenolic OH excluding ortho intramolecular Hbond substituents is 2. The second kappa shape index (κ2) is 2.70. The van der Waals surface area contributed by atoms with Crippen molar-refractivity contribution in [1.82, 2.24) is 0 Å². The predicted octanol–water partition coefficient (Wildman–Crippen LogP) is 2.37. The first kappa shape index (κ1) is 6.35. The molecule has 1 fully saturated rings. The van der Waals surface area contributed by atoms with Gasteiger partial charge < -0.3 is 10.2 Å². The van der Waals surface area contributed by atoms with Crippen molar-refractivity contribution in [1.29, 1.82) is 0 Å². The van der Waals surface area contributed by atoms with Gasteiger partial charge in [0.05, 0.1) is 0 Å². The minimum Gasteiger partial charge on any atom is -0.508 e. The highest BCUT2D eigenvalue weighted by Gasteiger charge is 2.21. The maximum Gasteiger partial charge on any atom is 0.122 e. The summed E-state index contributed by atoms with van der Waals surface area (Å²) in [6.07, 6.45) is 1.66. The zero-order valence-electron chi connectivity index (χ0n) is 7.70. The van der Waals surface area contributed by atoms with Crippen molar-refractivity contribution in [2.45, 2.75) is 25.2 Å². The van der Waals surface area contributed by atoms with E-state index in [1.807, 2.05) is 0 Å². The van der Waals surface area contributed by atoms with Gasteiger partial charge in [-0.1, -0.05) is 12.5 Å². The Balaban J connectivity index is 2.21. The van der Waals surface area contributed by atoms with Gasteiger partial charge in [-0.25, -0.2) is 0 Å². The van der Waals surface area contributed by atoms with E-state index in [4.69, 9.17) is 6.48 Å². The normalized spacial score (nSPS) is 29.2.